The lowest BCUT2D eigenvalue weighted by molar-refractivity contribution is -0.123. The summed E-state index contributed by atoms with van der Waals surface area (Å²) in [5.41, 5.74) is 2.36. The van der Waals surface area contributed by atoms with Gasteiger partial charge in [0.15, 0.2) is 6.10 Å². The number of aryl methyl sites for hydroxylation is 2. The van der Waals surface area contributed by atoms with Gasteiger partial charge in [0, 0.05) is 7.05 Å². The molecule has 0 bridgehead atoms. The molecule has 0 radical (unpaired) electrons. The van der Waals surface area contributed by atoms with Crippen LogP contribution in [0.3, 0.4) is 0 Å². The standard InChI is InChI=1S/C16H18ClN3O3/c1-9-14(10(2)20(4)19-9)18-15(21)11(3)23-16(22)12-7-5-6-8-13(12)17/h5-8,11H,1-4H3,(H,18,21)/t11-/m1/s1. The Bertz CT molecular complexity index is 755. The van der Waals surface area contributed by atoms with Crippen LogP contribution < -0.4 is 5.32 Å². The molecule has 0 unspecified atom stereocenters. The van der Waals surface area contributed by atoms with Crippen LogP contribution in [0.25, 0.3) is 0 Å². The molecule has 1 amide bonds. The molecule has 1 heterocycles. The number of hydrogen-bond acceptors (Lipinski definition) is 4. The fraction of sp³-hybridized carbons (Fsp3) is 0.312. The predicted molar refractivity (Wildman–Crippen MR) is 87.6 cm³/mol. The van der Waals surface area contributed by atoms with Gasteiger partial charge in [-0.05, 0) is 32.9 Å². The summed E-state index contributed by atoms with van der Waals surface area (Å²) >= 11 is 5.94. The molecule has 0 aliphatic heterocycles. The second-order valence-corrected chi connectivity index (χ2v) is 5.59. The molecule has 0 saturated heterocycles. The number of anilines is 1. The molecule has 0 fully saturated rings. The van der Waals surface area contributed by atoms with Gasteiger partial charge in [0.25, 0.3) is 5.91 Å². The molecule has 7 heteroatoms. The molecule has 23 heavy (non-hydrogen) atoms. The molecule has 6 nitrogen and oxygen atoms in total. The van der Waals surface area contributed by atoms with Crippen molar-refractivity contribution in [3.05, 3.63) is 46.2 Å². The maximum absolute atomic E-state index is 12.2. The van der Waals surface area contributed by atoms with E-state index in [0.29, 0.717) is 11.4 Å². The number of halogens is 1. The van der Waals surface area contributed by atoms with Crippen LogP contribution >= 0.6 is 11.6 Å². The minimum Gasteiger partial charge on any atom is -0.449 e. The molecule has 1 aromatic heterocycles. The lowest BCUT2D eigenvalue weighted by atomic mass is 10.2. The predicted octanol–water partition coefficient (Wildman–Crippen LogP) is 2.87. The van der Waals surface area contributed by atoms with Gasteiger partial charge in [-0.3, -0.25) is 9.48 Å². The van der Waals surface area contributed by atoms with Crippen LogP contribution in [-0.2, 0) is 16.6 Å². The Morgan fingerprint density at radius 1 is 1.30 bits per heavy atom. The Balaban J connectivity index is 2.06. The van der Waals surface area contributed by atoms with Crippen LogP contribution in [0.5, 0.6) is 0 Å². The first-order chi connectivity index (χ1) is 10.8. The summed E-state index contributed by atoms with van der Waals surface area (Å²) in [6, 6.07) is 6.52. The quantitative estimate of drug-likeness (QED) is 0.872. The third kappa shape index (κ3) is 3.71. The number of ether oxygens (including phenoxy) is 1. The third-order valence-electron chi connectivity index (χ3n) is 3.50. The lowest BCUT2D eigenvalue weighted by Crippen LogP contribution is -2.30. The molecule has 2 rings (SSSR count). The van der Waals surface area contributed by atoms with Crippen molar-refractivity contribution in [2.45, 2.75) is 26.9 Å². The van der Waals surface area contributed by atoms with Crippen molar-refractivity contribution in [1.82, 2.24) is 9.78 Å². The third-order valence-corrected chi connectivity index (χ3v) is 3.83. The van der Waals surface area contributed by atoms with Crippen LogP contribution in [0.1, 0.15) is 28.7 Å². The first kappa shape index (κ1) is 17.0. The number of amides is 1. The first-order valence-electron chi connectivity index (χ1n) is 7.07. The summed E-state index contributed by atoms with van der Waals surface area (Å²) < 4.78 is 6.85. The Hall–Kier alpha value is -2.34. The van der Waals surface area contributed by atoms with E-state index in [1.165, 1.54) is 6.92 Å². The zero-order valence-electron chi connectivity index (χ0n) is 13.4. The summed E-state index contributed by atoms with van der Waals surface area (Å²) in [6.07, 6.45) is -0.960. The Kier molecular flexibility index (Phi) is 5.05. The van der Waals surface area contributed by atoms with Crippen molar-refractivity contribution in [3.8, 4) is 0 Å². The number of carbonyl (C=O) groups excluding carboxylic acids is 2. The number of nitrogens with zero attached hydrogens (tertiary/aromatic N) is 2. The summed E-state index contributed by atoms with van der Waals surface area (Å²) in [7, 11) is 1.79. The van der Waals surface area contributed by atoms with E-state index in [-0.39, 0.29) is 10.6 Å². The van der Waals surface area contributed by atoms with Gasteiger partial charge < -0.3 is 10.1 Å². The van der Waals surface area contributed by atoms with Crippen molar-refractivity contribution < 1.29 is 14.3 Å². The van der Waals surface area contributed by atoms with E-state index in [1.54, 1.807) is 42.9 Å². The second kappa shape index (κ2) is 6.83. The molecule has 0 spiro atoms. The van der Waals surface area contributed by atoms with E-state index in [4.69, 9.17) is 16.3 Å². The maximum Gasteiger partial charge on any atom is 0.340 e. The highest BCUT2D eigenvalue weighted by Gasteiger charge is 2.22. The van der Waals surface area contributed by atoms with Gasteiger partial charge in [-0.25, -0.2) is 4.79 Å². The number of nitrogens with one attached hydrogen (secondary N) is 1. The average Bonchev–Trinajstić information content (AvgIpc) is 2.73. The molecule has 0 aliphatic rings. The summed E-state index contributed by atoms with van der Waals surface area (Å²) in [5, 5.41) is 7.24. The minimum atomic E-state index is -0.960. The number of hydrogen-bond donors (Lipinski definition) is 1. The number of carbonyl (C=O) groups is 2. The fourth-order valence-corrected chi connectivity index (χ4v) is 2.30. The molecule has 1 N–H and O–H groups in total. The van der Waals surface area contributed by atoms with E-state index in [2.05, 4.69) is 10.4 Å². The zero-order valence-corrected chi connectivity index (χ0v) is 14.1. The van der Waals surface area contributed by atoms with Crippen molar-refractivity contribution in [2.75, 3.05) is 5.32 Å². The maximum atomic E-state index is 12.2. The van der Waals surface area contributed by atoms with Crippen LogP contribution in [0.2, 0.25) is 5.02 Å². The van der Waals surface area contributed by atoms with Crippen LogP contribution in [-0.4, -0.2) is 27.8 Å². The highest BCUT2D eigenvalue weighted by molar-refractivity contribution is 6.33. The Morgan fingerprint density at radius 2 is 1.96 bits per heavy atom. The molecule has 122 valence electrons. The van der Waals surface area contributed by atoms with Crippen molar-refractivity contribution in [1.29, 1.82) is 0 Å². The van der Waals surface area contributed by atoms with Gasteiger partial charge >= 0.3 is 5.97 Å². The number of aromatic nitrogens is 2. The average molecular weight is 336 g/mol. The number of benzene rings is 1. The van der Waals surface area contributed by atoms with Crippen molar-refractivity contribution >= 4 is 29.2 Å². The molecule has 0 saturated carbocycles. The zero-order chi connectivity index (χ0) is 17.1. The normalized spacial score (nSPS) is 11.9. The highest BCUT2D eigenvalue weighted by atomic mass is 35.5. The van der Waals surface area contributed by atoms with E-state index in [0.717, 1.165) is 5.69 Å². The summed E-state index contributed by atoms with van der Waals surface area (Å²) in [4.78, 5) is 24.3. The summed E-state index contributed by atoms with van der Waals surface area (Å²) in [6.45, 7) is 5.14. The molecular weight excluding hydrogens is 318 g/mol. The first-order valence-corrected chi connectivity index (χ1v) is 7.45. The lowest BCUT2D eigenvalue weighted by Gasteiger charge is -2.14. The smallest absolute Gasteiger partial charge is 0.340 e. The second-order valence-electron chi connectivity index (χ2n) is 5.19. The van der Waals surface area contributed by atoms with Crippen LogP contribution in [0, 0.1) is 13.8 Å². The van der Waals surface area contributed by atoms with Gasteiger partial charge in [0.05, 0.1) is 27.7 Å². The number of esters is 1. The van der Waals surface area contributed by atoms with Gasteiger partial charge in [0.2, 0.25) is 0 Å². The van der Waals surface area contributed by atoms with E-state index in [1.807, 2.05) is 6.92 Å². The molecule has 1 aromatic carbocycles. The molecular formula is C16H18ClN3O3. The number of rotatable bonds is 4. The van der Waals surface area contributed by atoms with Crippen LogP contribution in [0.15, 0.2) is 24.3 Å². The largest absolute Gasteiger partial charge is 0.449 e. The SMILES string of the molecule is Cc1nn(C)c(C)c1NC(=O)[C@@H](C)OC(=O)c1ccccc1Cl. The van der Waals surface area contributed by atoms with E-state index in [9.17, 15) is 9.59 Å². The molecule has 1 atom stereocenters. The topological polar surface area (TPSA) is 73.2 Å². The van der Waals surface area contributed by atoms with Crippen molar-refractivity contribution in [3.63, 3.8) is 0 Å². The van der Waals surface area contributed by atoms with Gasteiger partial charge in [-0.2, -0.15) is 5.10 Å². The molecule has 0 aliphatic carbocycles. The van der Waals surface area contributed by atoms with Crippen molar-refractivity contribution in [2.24, 2.45) is 7.05 Å². The van der Waals surface area contributed by atoms with Gasteiger partial charge in [0.1, 0.15) is 0 Å². The monoisotopic (exact) mass is 335 g/mol. The minimum absolute atomic E-state index is 0.225. The van der Waals surface area contributed by atoms with Gasteiger partial charge in [-0.1, -0.05) is 23.7 Å². The Labute approximate surface area is 139 Å². The Morgan fingerprint density at radius 3 is 2.52 bits per heavy atom. The van der Waals surface area contributed by atoms with E-state index >= 15 is 0 Å². The highest BCUT2D eigenvalue weighted by Crippen LogP contribution is 2.20. The van der Waals surface area contributed by atoms with Crippen LogP contribution in [0.4, 0.5) is 5.69 Å². The summed E-state index contributed by atoms with van der Waals surface area (Å²) in [5.74, 6) is -1.07. The molecule has 2 aromatic rings. The fourth-order valence-electron chi connectivity index (χ4n) is 2.08. The van der Waals surface area contributed by atoms with E-state index < -0.39 is 18.0 Å². The van der Waals surface area contributed by atoms with Gasteiger partial charge in [-0.15, -0.1) is 0 Å².